The Bertz CT molecular complexity index is 654. The first kappa shape index (κ1) is 14.3. The monoisotopic (exact) mass is 319 g/mol. The molecule has 0 radical (unpaired) electrons. The predicted molar refractivity (Wildman–Crippen MR) is 83.6 cm³/mol. The molecule has 4 rings (SSSR count). The Kier molecular flexibility index (Phi) is 3.71. The van der Waals surface area contributed by atoms with Gasteiger partial charge in [0.1, 0.15) is 16.9 Å². The van der Waals surface area contributed by atoms with Crippen molar-refractivity contribution in [2.24, 2.45) is 5.92 Å². The molecule has 4 heterocycles. The normalized spacial score (nSPS) is 28.9. The fourth-order valence-corrected chi connectivity index (χ4v) is 4.29. The molecule has 0 aromatic carbocycles. The molecule has 118 valence electrons. The minimum Gasteiger partial charge on any atom is -0.365 e. The van der Waals surface area contributed by atoms with Gasteiger partial charge >= 0.3 is 0 Å². The lowest BCUT2D eigenvalue weighted by atomic mass is 9.92. The van der Waals surface area contributed by atoms with E-state index in [0.29, 0.717) is 12.0 Å². The number of nitrogens with zero attached hydrogens (tertiary/aromatic N) is 4. The largest absolute Gasteiger partial charge is 0.365 e. The molecule has 2 fully saturated rings. The molecule has 0 amide bonds. The molecule has 7 heteroatoms. The van der Waals surface area contributed by atoms with Crippen LogP contribution in [0.3, 0.4) is 0 Å². The summed E-state index contributed by atoms with van der Waals surface area (Å²) < 4.78 is 6.23. The topological polar surface area (TPSA) is 66.9 Å². The van der Waals surface area contributed by atoms with Gasteiger partial charge in [-0.1, -0.05) is 0 Å². The van der Waals surface area contributed by atoms with Crippen LogP contribution in [0.4, 0.5) is 0 Å². The van der Waals surface area contributed by atoms with Gasteiger partial charge in [-0.05, 0) is 39.2 Å². The number of fused-ring (bicyclic) bond motifs is 1. The third-order valence-electron chi connectivity index (χ3n) is 4.56. The van der Waals surface area contributed by atoms with E-state index in [0.717, 1.165) is 43.4 Å². The predicted octanol–water partition coefficient (Wildman–Crippen LogP) is 2.23. The number of thiazole rings is 1. The van der Waals surface area contributed by atoms with Crippen molar-refractivity contribution in [3.8, 4) is 0 Å². The highest BCUT2D eigenvalue weighted by atomic mass is 32.1. The minimum absolute atomic E-state index is 0.0574. The maximum atomic E-state index is 6.23. The van der Waals surface area contributed by atoms with Gasteiger partial charge in [0.05, 0.1) is 12.6 Å². The van der Waals surface area contributed by atoms with Crippen LogP contribution in [-0.4, -0.2) is 44.3 Å². The molecule has 6 nitrogen and oxygen atoms in total. The quantitative estimate of drug-likeness (QED) is 0.939. The molecular formula is C15H21N5OS. The number of aryl methyl sites for hydroxylation is 2. The smallest absolute Gasteiger partial charge is 0.179 e. The van der Waals surface area contributed by atoms with Crippen molar-refractivity contribution in [1.82, 2.24) is 25.1 Å². The maximum Gasteiger partial charge on any atom is 0.179 e. The summed E-state index contributed by atoms with van der Waals surface area (Å²) in [6, 6.07) is 0. The Morgan fingerprint density at radius 3 is 3.05 bits per heavy atom. The summed E-state index contributed by atoms with van der Waals surface area (Å²) >= 11 is 1.75. The van der Waals surface area contributed by atoms with Gasteiger partial charge in [-0.2, -0.15) is 5.10 Å². The number of H-pyrrole nitrogens is 1. The number of hydrogen-bond donors (Lipinski definition) is 1. The Morgan fingerprint density at radius 1 is 1.41 bits per heavy atom. The lowest BCUT2D eigenvalue weighted by molar-refractivity contribution is -0.0119. The molecule has 1 N–H and O–H groups in total. The number of rotatable bonds is 3. The first-order valence-corrected chi connectivity index (χ1v) is 8.73. The van der Waals surface area contributed by atoms with Crippen molar-refractivity contribution in [1.29, 1.82) is 0 Å². The Balaban J connectivity index is 1.39. The van der Waals surface area contributed by atoms with Crippen LogP contribution >= 0.6 is 11.3 Å². The molecule has 2 aromatic rings. The van der Waals surface area contributed by atoms with Gasteiger partial charge in [-0.15, -0.1) is 11.3 Å². The van der Waals surface area contributed by atoms with E-state index < -0.39 is 0 Å². The second-order valence-corrected chi connectivity index (χ2v) is 7.29. The zero-order valence-electron chi connectivity index (χ0n) is 13.0. The molecule has 0 bridgehead atoms. The molecule has 2 aliphatic heterocycles. The standard InChI is InChI=1S/C15H21N5OS/c1-9-8-22-14(16-9)7-20-4-3-11-5-12(21-13(11)6-20)15-17-10(2)18-19-15/h8,11-13H,3-7H2,1-2H3,(H,17,18,19)/t11-,12+,13+/m1/s1. The van der Waals surface area contributed by atoms with Crippen molar-refractivity contribution < 1.29 is 4.74 Å². The first-order valence-electron chi connectivity index (χ1n) is 7.85. The molecule has 22 heavy (non-hydrogen) atoms. The van der Waals surface area contributed by atoms with E-state index in [2.05, 4.69) is 37.4 Å². The van der Waals surface area contributed by atoms with Gasteiger partial charge in [-0.3, -0.25) is 10.00 Å². The number of aromatic amines is 1. The van der Waals surface area contributed by atoms with Crippen molar-refractivity contribution in [3.05, 3.63) is 27.7 Å². The van der Waals surface area contributed by atoms with Crippen molar-refractivity contribution >= 4 is 11.3 Å². The number of aromatic nitrogens is 4. The van der Waals surface area contributed by atoms with Gasteiger partial charge in [0.25, 0.3) is 0 Å². The van der Waals surface area contributed by atoms with Gasteiger partial charge < -0.3 is 4.74 Å². The van der Waals surface area contributed by atoms with E-state index >= 15 is 0 Å². The Hall–Kier alpha value is -1.31. The lowest BCUT2D eigenvalue weighted by Crippen LogP contribution is -2.41. The average Bonchev–Trinajstić information content (AvgIpc) is 3.18. The molecule has 2 aromatic heterocycles. The summed E-state index contributed by atoms with van der Waals surface area (Å²) in [5.41, 5.74) is 1.12. The fraction of sp³-hybridized carbons (Fsp3) is 0.667. The third-order valence-corrected chi connectivity index (χ3v) is 5.52. The highest BCUT2D eigenvalue weighted by Gasteiger charge is 2.41. The minimum atomic E-state index is 0.0574. The van der Waals surface area contributed by atoms with E-state index in [-0.39, 0.29) is 6.10 Å². The van der Waals surface area contributed by atoms with Crippen LogP contribution < -0.4 is 0 Å². The summed E-state index contributed by atoms with van der Waals surface area (Å²) in [5, 5.41) is 10.5. The van der Waals surface area contributed by atoms with E-state index in [4.69, 9.17) is 4.74 Å². The molecule has 2 saturated heterocycles. The maximum absolute atomic E-state index is 6.23. The van der Waals surface area contributed by atoms with Crippen LogP contribution in [0.1, 0.15) is 41.3 Å². The third kappa shape index (κ3) is 2.80. The number of likely N-dealkylation sites (tertiary alicyclic amines) is 1. The van der Waals surface area contributed by atoms with E-state index in [1.54, 1.807) is 11.3 Å². The van der Waals surface area contributed by atoms with Crippen LogP contribution in [0.5, 0.6) is 0 Å². The first-order chi connectivity index (χ1) is 10.7. The molecule has 0 saturated carbocycles. The molecule has 3 atom stereocenters. The zero-order valence-corrected chi connectivity index (χ0v) is 13.8. The molecule has 0 unspecified atom stereocenters. The zero-order chi connectivity index (χ0) is 15.1. The average molecular weight is 319 g/mol. The molecule has 2 aliphatic rings. The van der Waals surface area contributed by atoms with E-state index in [9.17, 15) is 0 Å². The summed E-state index contributed by atoms with van der Waals surface area (Å²) in [7, 11) is 0. The van der Waals surface area contributed by atoms with Crippen molar-refractivity contribution in [2.75, 3.05) is 13.1 Å². The molecule has 0 aliphatic carbocycles. The van der Waals surface area contributed by atoms with Crippen molar-refractivity contribution in [2.45, 2.75) is 45.4 Å². The van der Waals surface area contributed by atoms with Crippen LogP contribution in [0.15, 0.2) is 5.38 Å². The van der Waals surface area contributed by atoms with E-state index in [1.807, 2.05) is 6.92 Å². The second-order valence-electron chi connectivity index (χ2n) is 6.34. The molecule has 0 spiro atoms. The van der Waals surface area contributed by atoms with Crippen molar-refractivity contribution in [3.63, 3.8) is 0 Å². The summed E-state index contributed by atoms with van der Waals surface area (Å²) in [6.45, 7) is 7.04. The lowest BCUT2D eigenvalue weighted by Gasteiger charge is -2.33. The van der Waals surface area contributed by atoms with Gasteiger partial charge in [-0.25, -0.2) is 9.97 Å². The SMILES string of the molecule is Cc1csc(CN2CC[C@@H]3C[C@@H](c4n[nH]c(C)n4)O[C@H]3C2)n1. The van der Waals surface area contributed by atoms with Gasteiger partial charge in [0.2, 0.25) is 0 Å². The second kappa shape index (κ2) is 5.72. The van der Waals surface area contributed by atoms with Crippen LogP contribution in [0.2, 0.25) is 0 Å². The Morgan fingerprint density at radius 2 is 2.32 bits per heavy atom. The van der Waals surface area contributed by atoms with Crippen LogP contribution in [0.25, 0.3) is 0 Å². The summed E-state index contributed by atoms with van der Waals surface area (Å²) in [4.78, 5) is 11.5. The van der Waals surface area contributed by atoms with Gasteiger partial charge in [0.15, 0.2) is 5.82 Å². The Labute approximate surface area is 133 Å². The number of nitrogens with one attached hydrogen (secondary N) is 1. The summed E-state index contributed by atoms with van der Waals surface area (Å²) in [6.07, 6.45) is 2.60. The number of piperidine rings is 1. The van der Waals surface area contributed by atoms with Gasteiger partial charge in [0, 0.05) is 17.6 Å². The van der Waals surface area contributed by atoms with E-state index in [1.165, 1.54) is 11.4 Å². The summed E-state index contributed by atoms with van der Waals surface area (Å²) in [5.74, 6) is 2.31. The van der Waals surface area contributed by atoms with Crippen LogP contribution in [0, 0.1) is 19.8 Å². The number of ether oxygens (including phenoxy) is 1. The molecular weight excluding hydrogens is 298 g/mol. The highest BCUT2D eigenvalue weighted by Crippen LogP contribution is 2.40. The number of hydrogen-bond acceptors (Lipinski definition) is 6. The van der Waals surface area contributed by atoms with Crippen LogP contribution in [-0.2, 0) is 11.3 Å². The highest BCUT2D eigenvalue weighted by molar-refractivity contribution is 7.09. The fourth-order valence-electron chi connectivity index (χ4n) is 3.47.